The summed E-state index contributed by atoms with van der Waals surface area (Å²) in [6, 6.07) is -0.767. The number of rotatable bonds is 5. The molecule has 1 amide bonds. The van der Waals surface area contributed by atoms with Crippen molar-refractivity contribution in [3.05, 3.63) is 0 Å². The van der Waals surface area contributed by atoms with E-state index in [4.69, 9.17) is 39.5 Å². The van der Waals surface area contributed by atoms with Gasteiger partial charge >= 0.3 is 5.97 Å². The summed E-state index contributed by atoms with van der Waals surface area (Å²) >= 11 is 16.1. The van der Waals surface area contributed by atoms with Gasteiger partial charge in [-0.3, -0.25) is 9.59 Å². The van der Waals surface area contributed by atoms with E-state index in [9.17, 15) is 14.0 Å². The highest BCUT2D eigenvalue weighted by atomic mass is 35.6. The Kier molecular flexibility index (Phi) is 6.68. The number of halogens is 4. The molecule has 1 N–H and O–H groups in total. The first-order chi connectivity index (χ1) is 7.92. The largest absolute Gasteiger partial charge is 0.464 e. The minimum Gasteiger partial charge on any atom is -0.464 e. The van der Waals surface area contributed by atoms with E-state index in [2.05, 4.69) is 5.32 Å². The van der Waals surface area contributed by atoms with Crippen LogP contribution in [0.2, 0.25) is 0 Å². The lowest BCUT2D eigenvalue weighted by Gasteiger charge is -2.25. The molecule has 0 spiro atoms. The number of carbonyl (C=O) groups excluding carboxylic acids is 2. The number of carbonyl (C=O) groups is 2. The fourth-order valence-corrected chi connectivity index (χ4v) is 1.39. The minimum atomic E-state index is -2.14. The Hall–Kier alpha value is -0.260. The molecule has 0 aliphatic rings. The van der Waals surface area contributed by atoms with Crippen LogP contribution >= 0.6 is 34.8 Å². The molecule has 0 radical (unpaired) electrons. The standard InChI is InChI=1S/C10H15Cl3FNO3/c1-6(16)18-5-7(4-9(2,3)14)15-8(17)10(11,12)13/h7H,4-5H2,1-3H3,(H,15,17). The van der Waals surface area contributed by atoms with Gasteiger partial charge in [-0.1, -0.05) is 34.8 Å². The van der Waals surface area contributed by atoms with Crippen LogP contribution in [0.5, 0.6) is 0 Å². The normalized spacial score (nSPS) is 13.9. The summed E-state index contributed by atoms with van der Waals surface area (Å²) in [6.07, 6.45) is -0.0766. The molecule has 0 saturated carbocycles. The van der Waals surface area contributed by atoms with Crippen LogP contribution in [0, 0.1) is 0 Å². The Morgan fingerprint density at radius 3 is 2.17 bits per heavy atom. The van der Waals surface area contributed by atoms with E-state index in [1.54, 1.807) is 0 Å². The quantitative estimate of drug-likeness (QED) is 0.625. The van der Waals surface area contributed by atoms with Crippen LogP contribution in [-0.4, -0.2) is 34.0 Å². The van der Waals surface area contributed by atoms with Crippen LogP contribution in [0.4, 0.5) is 4.39 Å². The Bertz CT molecular complexity index is 312. The number of esters is 1. The SMILES string of the molecule is CC(=O)OCC(CC(C)(C)F)NC(=O)C(Cl)(Cl)Cl. The molecular weight excluding hydrogens is 307 g/mol. The Balaban J connectivity index is 4.57. The fourth-order valence-electron chi connectivity index (χ4n) is 1.22. The number of alkyl halides is 4. The van der Waals surface area contributed by atoms with Gasteiger partial charge in [-0.2, -0.15) is 0 Å². The van der Waals surface area contributed by atoms with Gasteiger partial charge in [0.2, 0.25) is 0 Å². The smallest absolute Gasteiger partial charge is 0.302 e. The summed E-state index contributed by atoms with van der Waals surface area (Å²) in [7, 11) is 0. The maximum atomic E-state index is 13.5. The second-order valence-electron chi connectivity index (χ2n) is 4.39. The monoisotopic (exact) mass is 321 g/mol. The van der Waals surface area contributed by atoms with Gasteiger partial charge in [-0.05, 0) is 13.8 Å². The molecule has 106 valence electrons. The lowest BCUT2D eigenvalue weighted by atomic mass is 10.0. The summed E-state index contributed by atoms with van der Waals surface area (Å²) in [5.41, 5.74) is -1.56. The van der Waals surface area contributed by atoms with Crippen LogP contribution in [-0.2, 0) is 14.3 Å². The fraction of sp³-hybridized carbons (Fsp3) is 0.800. The van der Waals surface area contributed by atoms with Gasteiger partial charge in [0.25, 0.3) is 9.70 Å². The summed E-state index contributed by atoms with van der Waals surface area (Å²) in [5, 5.41) is 2.32. The third kappa shape index (κ3) is 8.78. The lowest BCUT2D eigenvalue weighted by molar-refractivity contribution is -0.142. The van der Waals surface area contributed by atoms with Gasteiger partial charge in [0.05, 0.1) is 6.04 Å². The van der Waals surface area contributed by atoms with Crippen molar-refractivity contribution in [3.8, 4) is 0 Å². The lowest BCUT2D eigenvalue weighted by Crippen LogP contribution is -2.46. The third-order valence-electron chi connectivity index (χ3n) is 1.81. The molecule has 4 nitrogen and oxygen atoms in total. The molecule has 1 unspecified atom stereocenters. The molecular formula is C10H15Cl3FNO3. The second kappa shape index (κ2) is 6.78. The molecule has 0 aromatic rings. The number of hydrogen-bond donors (Lipinski definition) is 1. The van der Waals surface area contributed by atoms with Crippen LogP contribution in [0.3, 0.4) is 0 Å². The van der Waals surface area contributed by atoms with E-state index >= 15 is 0 Å². The second-order valence-corrected chi connectivity index (χ2v) is 6.67. The minimum absolute atomic E-state index is 0.0766. The molecule has 0 aromatic heterocycles. The van der Waals surface area contributed by atoms with Crippen molar-refractivity contribution in [1.29, 1.82) is 0 Å². The highest BCUT2D eigenvalue weighted by Crippen LogP contribution is 2.26. The first-order valence-corrected chi connectivity index (χ1v) is 6.25. The van der Waals surface area contributed by atoms with Gasteiger partial charge in [0.15, 0.2) is 0 Å². The predicted molar refractivity (Wildman–Crippen MR) is 68.7 cm³/mol. The van der Waals surface area contributed by atoms with E-state index in [0.29, 0.717) is 0 Å². The van der Waals surface area contributed by atoms with Crippen molar-refractivity contribution in [2.75, 3.05) is 6.61 Å². The Morgan fingerprint density at radius 2 is 1.83 bits per heavy atom. The first kappa shape index (κ1) is 17.7. The molecule has 0 saturated heterocycles. The van der Waals surface area contributed by atoms with Crippen molar-refractivity contribution >= 4 is 46.7 Å². The van der Waals surface area contributed by atoms with E-state index in [0.717, 1.165) is 0 Å². The zero-order valence-corrected chi connectivity index (χ0v) is 12.5. The van der Waals surface area contributed by atoms with Crippen LogP contribution < -0.4 is 5.32 Å². The summed E-state index contributed by atoms with van der Waals surface area (Å²) in [5.74, 6) is -1.44. The van der Waals surface area contributed by atoms with Gasteiger partial charge in [-0.15, -0.1) is 0 Å². The number of hydrogen-bond acceptors (Lipinski definition) is 3. The average Bonchev–Trinajstić information content (AvgIpc) is 2.09. The van der Waals surface area contributed by atoms with Gasteiger partial charge in [-0.25, -0.2) is 4.39 Å². The van der Waals surface area contributed by atoms with Gasteiger partial charge < -0.3 is 10.1 Å². The molecule has 0 bridgehead atoms. The van der Waals surface area contributed by atoms with Crippen molar-refractivity contribution in [1.82, 2.24) is 5.32 Å². The van der Waals surface area contributed by atoms with Crippen molar-refractivity contribution in [2.45, 2.75) is 42.7 Å². The van der Waals surface area contributed by atoms with Gasteiger partial charge in [0, 0.05) is 13.3 Å². The maximum Gasteiger partial charge on any atom is 0.302 e. The van der Waals surface area contributed by atoms with Gasteiger partial charge in [0.1, 0.15) is 12.3 Å². The molecule has 18 heavy (non-hydrogen) atoms. The van der Waals surface area contributed by atoms with E-state index in [-0.39, 0.29) is 13.0 Å². The molecule has 0 aliphatic carbocycles. The highest BCUT2D eigenvalue weighted by molar-refractivity contribution is 6.76. The van der Waals surface area contributed by atoms with Crippen LogP contribution in [0.15, 0.2) is 0 Å². The third-order valence-corrected chi connectivity index (χ3v) is 2.33. The number of amides is 1. The van der Waals surface area contributed by atoms with Crippen molar-refractivity contribution < 1.29 is 18.7 Å². The number of ether oxygens (including phenoxy) is 1. The molecule has 0 aromatic carbocycles. The average molecular weight is 323 g/mol. The molecule has 0 aliphatic heterocycles. The highest BCUT2D eigenvalue weighted by Gasteiger charge is 2.34. The Morgan fingerprint density at radius 1 is 1.33 bits per heavy atom. The summed E-state index contributed by atoms with van der Waals surface area (Å²) < 4.78 is 16.1. The first-order valence-electron chi connectivity index (χ1n) is 5.12. The van der Waals surface area contributed by atoms with Crippen LogP contribution in [0.1, 0.15) is 27.2 Å². The molecule has 0 fully saturated rings. The molecule has 1 atom stereocenters. The number of nitrogens with one attached hydrogen (secondary N) is 1. The van der Waals surface area contributed by atoms with Crippen molar-refractivity contribution in [2.24, 2.45) is 0 Å². The molecule has 0 rings (SSSR count). The summed E-state index contributed by atoms with van der Waals surface area (Å²) in [4.78, 5) is 22.1. The maximum absolute atomic E-state index is 13.5. The van der Waals surface area contributed by atoms with Crippen LogP contribution in [0.25, 0.3) is 0 Å². The zero-order chi connectivity index (χ0) is 14.6. The zero-order valence-electron chi connectivity index (χ0n) is 10.2. The van der Waals surface area contributed by atoms with E-state index in [1.165, 1.54) is 20.8 Å². The molecule has 0 heterocycles. The predicted octanol–water partition coefficient (Wildman–Crippen LogP) is 2.54. The van der Waals surface area contributed by atoms with Crippen molar-refractivity contribution in [3.63, 3.8) is 0 Å². The van der Waals surface area contributed by atoms with E-state index < -0.39 is 27.4 Å². The summed E-state index contributed by atoms with van der Waals surface area (Å²) in [6.45, 7) is 3.67. The molecule has 8 heteroatoms. The van der Waals surface area contributed by atoms with E-state index in [1.807, 2.05) is 0 Å². The Labute approximate surface area is 120 Å². The topological polar surface area (TPSA) is 55.4 Å².